The Morgan fingerprint density at radius 3 is 0.839 bits per heavy atom. The molecule has 4 N–H and O–H groups in total. The molecule has 0 bridgehead atoms. The average molecular weight is 729 g/mol. The van der Waals surface area contributed by atoms with Crippen LogP contribution in [0.4, 0.5) is 0 Å². The first-order valence-corrected chi connectivity index (χ1v) is 17.4. The number of halogens is 2. The second-order valence-electron chi connectivity index (χ2n) is 6.26. The van der Waals surface area contributed by atoms with Gasteiger partial charge in [0, 0.05) is 48.3 Å². The summed E-state index contributed by atoms with van der Waals surface area (Å²) in [5.41, 5.74) is 11.6. The summed E-state index contributed by atoms with van der Waals surface area (Å²) in [6, 6.07) is 0. The van der Waals surface area contributed by atoms with Crippen LogP contribution in [0, 0.1) is 0 Å². The van der Waals surface area contributed by atoms with Crippen LogP contribution in [0.3, 0.4) is 0 Å². The van der Waals surface area contributed by atoms with Gasteiger partial charge in [-0.2, -0.15) is 4.40 Å². The molecule has 0 fully saturated rings. The zero-order valence-corrected chi connectivity index (χ0v) is 24.4. The average Bonchev–Trinajstić information content (AvgIpc) is 2.13. The number of nitrogens with two attached hydrogens (primary N) is 2. The fourth-order valence-electron chi connectivity index (χ4n) is 0.257. The molecule has 0 saturated heterocycles. The minimum absolute atomic E-state index is 0. The van der Waals surface area contributed by atoms with Gasteiger partial charge < -0.3 is 11.5 Å². The summed E-state index contributed by atoms with van der Waals surface area (Å²) in [5.74, 6) is 0. The van der Waals surface area contributed by atoms with Crippen molar-refractivity contribution in [3.63, 3.8) is 0 Å². The van der Waals surface area contributed by atoms with Gasteiger partial charge in [0.25, 0.3) is 0 Å². The summed E-state index contributed by atoms with van der Waals surface area (Å²) in [6.45, 7) is 19.4. The maximum atomic E-state index is 10.2. The predicted molar refractivity (Wildman–Crippen MR) is 178 cm³/mol. The monoisotopic (exact) mass is 729 g/mol. The van der Waals surface area contributed by atoms with E-state index in [9.17, 15) is 4.21 Å². The maximum absolute atomic E-state index is 10.2. The summed E-state index contributed by atoms with van der Waals surface area (Å²) in [4.78, 5) is 0. The molecule has 0 spiro atoms. The molecule has 0 saturated carbocycles. The van der Waals surface area contributed by atoms with E-state index in [1.165, 1.54) is 0 Å². The summed E-state index contributed by atoms with van der Waals surface area (Å²) >= 11 is 4.74. The second-order valence-corrected chi connectivity index (χ2v) is 19.1. The van der Waals surface area contributed by atoms with Crippen molar-refractivity contribution in [3.05, 3.63) is 0 Å². The zero-order valence-electron chi connectivity index (χ0n) is 17.9. The molecule has 31 heavy (non-hydrogen) atoms. The SMILES string of the molecule is C.C.C.C.C.C.CC.CC(C)(C)N.CC(C)(C)N.CC(C)=N[S@](C)=O.[B].[B].[B].[I][V][I]. The van der Waals surface area contributed by atoms with E-state index in [4.69, 9.17) is 11.5 Å². The Kier molecular flexibility index (Phi) is 192. The van der Waals surface area contributed by atoms with E-state index in [0.717, 1.165) is 5.71 Å². The first-order valence-electron chi connectivity index (χ1n) is 6.90. The molecule has 4 nitrogen and oxygen atoms in total. The Hall–Kier alpha value is 1.98. The van der Waals surface area contributed by atoms with Gasteiger partial charge in [-0.05, 0) is 55.4 Å². The van der Waals surface area contributed by atoms with Crippen LogP contribution in [0.1, 0.15) is 114 Å². The van der Waals surface area contributed by atoms with Gasteiger partial charge in [-0.3, -0.25) is 0 Å². The van der Waals surface area contributed by atoms with Crippen LogP contribution in [-0.2, 0) is 20.5 Å². The van der Waals surface area contributed by atoms with Crippen LogP contribution in [0.15, 0.2) is 4.40 Å². The summed E-state index contributed by atoms with van der Waals surface area (Å²) < 4.78 is 13.8. The van der Waals surface area contributed by atoms with E-state index in [1.807, 2.05) is 69.2 Å². The van der Waals surface area contributed by atoms with Crippen LogP contribution in [0.2, 0.25) is 0 Å². The first-order chi connectivity index (χ1) is 9.54. The third-order valence-electron chi connectivity index (χ3n) is 0.311. The van der Waals surface area contributed by atoms with Crippen molar-refractivity contribution in [3.8, 4) is 0 Å². The van der Waals surface area contributed by atoms with E-state index in [-0.39, 0.29) is 80.9 Å². The molecule has 0 aliphatic carbocycles. The molecular weight excluding hydrogens is 667 g/mol. The Morgan fingerprint density at radius 2 is 0.839 bits per heavy atom. The third-order valence-corrected chi connectivity index (χ3v) is 0.933. The van der Waals surface area contributed by atoms with Crippen molar-refractivity contribution >= 4 is 81.9 Å². The molecule has 0 rings (SSSR count). The molecule has 1 atom stereocenters. The van der Waals surface area contributed by atoms with E-state index < -0.39 is 11.0 Å². The number of rotatable bonds is 1. The van der Waals surface area contributed by atoms with E-state index >= 15 is 0 Å². The van der Waals surface area contributed by atoms with Crippen LogP contribution in [0.5, 0.6) is 0 Å². The van der Waals surface area contributed by atoms with Crippen molar-refractivity contribution in [1.29, 1.82) is 0 Å². The second kappa shape index (κ2) is 63.5. The van der Waals surface area contributed by atoms with Gasteiger partial charge in [0.05, 0.1) is 0 Å². The molecule has 0 aromatic rings. The Morgan fingerprint density at radius 1 is 0.742 bits per heavy atom. The van der Waals surface area contributed by atoms with Gasteiger partial charge in [0.2, 0.25) is 0 Å². The summed E-state index contributed by atoms with van der Waals surface area (Å²) in [6.07, 6.45) is 1.55. The van der Waals surface area contributed by atoms with E-state index in [2.05, 4.69) is 44.4 Å². The normalized spacial score (nSPS) is 7.45. The zero-order chi connectivity index (χ0) is 19.6. The number of hydrogen-bond acceptors (Lipinski definition) is 3. The Labute approximate surface area is 240 Å². The van der Waals surface area contributed by atoms with Gasteiger partial charge in [-0.1, -0.05) is 58.4 Å². The van der Waals surface area contributed by atoms with Crippen LogP contribution >= 0.6 is 40.0 Å². The Bertz CT molecular complexity index is 255. The molecule has 0 heterocycles. The van der Waals surface area contributed by atoms with Crippen molar-refractivity contribution in [2.24, 2.45) is 15.9 Å². The van der Waals surface area contributed by atoms with Crippen LogP contribution < -0.4 is 11.5 Å². The molecule has 0 aliphatic heterocycles. The standard InChI is InChI=1S/C4H9NOS.2C4H11N.C2H6.6CH4.3B.2HI.V/c1-4(2)5-7(3)6;2*1-4(2,3)5;1-2;;;;;;;;;;;;/h1-3H3;2*5H2,1-3H3;1-2H3;6*1H4;;;;2*1H;/q;;;;;;;;;;;;;;;+2/p-2/t7-;;;;;;;;;;;;;;;/m0.............../s1. The van der Waals surface area contributed by atoms with Crippen molar-refractivity contribution in [2.75, 3.05) is 6.26 Å². The quantitative estimate of drug-likeness (QED) is 0.165. The first kappa shape index (κ1) is 93.6. The molecule has 0 aliphatic rings. The minimum atomic E-state index is -1.01. The van der Waals surface area contributed by atoms with Crippen molar-refractivity contribution in [1.82, 2.24) is 0 Å². The number of nitrogens with zero attached hydrogens (tertiary/aromatic N) is 1. The molecule has 0 amide bonds. The van der Waals surface area contributed by atoms with Gasteiger partial charge in [-0.25, -0.2) is 4.21 Å². The Balaban J connectivity index is -0.00000000940. The number of hydrogen-bond donors (Lipinski definition) is 2. The fourth-order valence-corrected chi connectivity index (χ4v) is 0.771. The predicted octanol–water partition coefficient (Wildman–Crippen LogP) is 7.72. The van der Waals surface area contributed by atoms with Crippen LogP contribution in [0.25, 0.3) is 0 Å². The molecule has 0 unspecified atom stereocenters. The molecule has 9 radical (unpaired) electrons. The van der Waals surface area contributed by atoms with E-state index in [1.54, 1.807) is 6.26 Å². The van der Waals surface area contributed by atoms with Gasteiger partial charge in [0.1, 0.15) is 11.0 Å². The molecular formula is C20H61B3I2N3OSV. The van der Waals surface area contributed by atoms with Gasteiger partial charge >= 0.3 is 49.4 Å². The van der Waals surface area contributed by atoms with E-state index in [0.29, 0.717) is 9.47 Å². The van der Waals surface area contributed by atoms with Gasteiger partial charge in [-0.15, -0.1) is 0 Å². The fraction of sp³-hybridized carbons (Fsp3) is 0.950. The summed E-state index contributed by atoms with van der Waals surface area (Å²) in [5, 5.41) is 0. The van der Waals surface area contributed by atoms with Crippen molar-refractivity contribution in [2.45, 2.75) is 125 Å². The molecule has 11 heteroatoms. The third kappa shape index (κ3) is 804. The van der Waals surface area contributed by atoms with Crippen LogP contribution in [-0.4, -0.2) is 52.5 Å². The topological polar surface area (TPSA) is 81.5 Å². The van der Waals surface area contributed by atoms with Crippen molar-refractivity contribution < 1.29 is 13.7 Å². The molecule has 196 valence electrons. The molecule has 0 aromatic heterocycles. The van der Waals surface area contributed by atoms with Gasteiger partial charge in [0.15, 0.2) is 0 Å². The molecule has 0 aromatic carbocycles. The summed E-state index contributed by atoms with van der Waals surface area (Å²) in [7, 11) is -0.380.